The van der Waals surface area contributed by atoms with Crippen molar-refractivity contribution in [1.29, 1.82) is 0 Å². The number of hydrogen-bond donors (Lipinski definition) is 2. The molecule has 2 aromatic rings. The number of nitrogens with two attached hydrogens (primary N) is 2. The van der Waals surface area contributed by atoms with Gasteiger partial charge >= 0.3 is 0 Å². The van der Waals surface area contributed by atoms with Gasteiger partial charge in [0.05, 0.1) is 10.6 Å². The molecule has 1 atom stereocenters. The zero-order valence-electron chi connectivity index (χ0n) is 13.6. The lowest BCUT2D eigenvalue weighted by Crippen LogP contribution is -2.32. The Labute approximate surface area is 145 Å². The van der Waals surface area contributed by atoms with Gasteiger partial charge in [0.25, 0.3) is 0 Å². The lowest BCUT2D eigenvalue weighted by atomic mass is 10.1. The molecule has 6 nitrogen and oxygen atoms in total. The number of hydrogen-bond acceptors (Lipinski definition) is 6. The van der Waals surface area contributed by atoms with Crippen LogP contribution in [0.1, 0.15) is 6.42 Å². The lowest BCUT2D eigenvalue weighted by Gasteiger charge is -2.24. The molecule has 0 spiro atoms. The first-order chi connectivity index (χ1) is 11.4. The summed E-state index contributed by atoms with van der Waals surface area (Å²) >= 11 is 5.92. The van der Waals surface area contributed by atoms with Crippen LogP contribution in [0, 0.1) is 5.82 Å². The maximum absolute atomic E-state index is 13.5. The van der Waals surface area contributed by atoms with Gasteiger partial charge in [0.2, 0.25) is 5.95 Å². The minimum atomic E-state index is -0.481. The highest BCUT2D eigenvalue weighted by atomic mass is 35.5. The van der Waals surface area contributed by atoms with Crippen LogP contribution in [-0.2, 0) is 0 Å². The van der Waals surface area contributed by atoms with Crippen LogP contribution in [0.4, 0.5) is 22.0 Å². The smallest absolute Gasteiger partial charge is 0.223 e. The van der Waals surface area contributed by atoms with Gasteiger partial charge in [0.1, 0.15) is 17.5 Å². The fourth-order valence-corrected chi connectivity index (χ4v) is 3.18. The number of nitrogen functional groups attached to an aromatic ring is 2. The van der Waals surface area contributed by atoms with Crippen LogP contribution in [0.15, 0.2) is 18.2 Å². The van der Waals surface area contributed by atoms with E-state index in [9.17, 15) is 4.39 Å². The number of likely N-dealkylation sites (N-methyl/N-ethyl adjacent to an activating group) is 1. The van der Waals surface area contributed by atoms with Crippen molar-refractivity contribution in [2.45, 2.75) is 12.5 Å². The lowest BCUT2D eigenvalue weighted by molar-refractivity contribution is 0.315. The number of nitrogens with zero attached hydrogens (tertiary/aromatic N) is 4. The zero-order valence-corrected chi connectivity index (χ0v) is 14.4. The van der Waals surface area contributed by atoms with Crippen molar-refractivity contribution in [3.8, 4) is 11.1 Å². The van der Waals surface area contributed by atoms with E-state index in [-0.39, 0.29) is 16.8 Å². The van der Waals surface area contributed by atoms with Gasteiger partial charge in [-0.2, -0.15) is 9.97 Å². The Morgan fingerprint density at radius 3 is 2.67 bits per heavy atom. The van der Waals surface area contributed by atoms with Crippen molar-refractivity contribution in [2.75, 3.05) is 43.6 Å². The van der Waals surface area contributed by atoms with Crippen molar-refractivity contribution >= 4 is 29.2 Å². The SMILES string of the molecule is CN(C)[C@@H]1CCN(c2nc(N)nc(N)c2-c2ccc(F)c(Cl)c2)C1. The number of rotatable bonds is 3. The van der Waals surface area contributed by atoms with Crippen molar-refractivity contribution in [3.05, 3.63) is 29.0 Å². The monoisotopic (exact) mass is 350 g/mol. The van der Waals surface area contributed by atoms with Gasteiger partial charge in [-0.05, 0) is 38.2 Å². The van der Waals surface area contributed by atoms with Crippen molar-refractivity contribution in [3.63, 3.8) is 0 Å². The third-order valence-electron chi connectivity index (χ3n) is 4.34. The predicted molar refractivity (Wildman–Crippen MR) is 95.6 cm³/mol. The molecule has 1 aromatic heterocycles. The highest BCUT2D eigenvalue weighted by molar-refractivity contribution is 6.31. The molecule has 0 aliphatic carbocycles. The molecule has 4 N–H and O–H groups in total. The molecule has 8 heteroatoms. The molecule has 128 valence electrons. The molecule has 1 aliphatic heterocycles. The van der Waals surface area contributed by atoms with Crippen molar-refractivity contribution < 1.29 is 4.39 Å². The summed E-state index contributed by atoms with van der Waals surface area (Å²) in [5.74, 6) is 0.555. The highest BCUT2D eigenvalue weighted by Gasteiger charge is 2.28. The van der Waals surface area contributed by atoms with E-state index in [2.05, 4.69) is 33.9 Å². The van der Waals surface area contributed by atoms with E-state index in [0.29, 0.717) is 23.0 Å². The summed E-state index contributed by atoms with van der Waals surface area (Å²) in [6.45, 7) is 1.64. The molecular weight excluding hydrogens is 331 g/mol. The average Bonchev–Trinajstić information content (AvgIpc) is 2.99. The van der Waals surface area contributed by atoms with E-state index in [1.165, 1.54) is 12.1 Å². The summed E-state index contributed by atoms with van der Waals surface area (Å²) in [6.07, 6.45) is 1.01. The van der Waals surface area contributed by atoms with Crippen LogP contribution >= 0.6 is 11.6 Å². The predicted octanol–water partition coefficient (Wildman–Crippen LogP) is 2.24. The summed E-state index contributed by atoms with van der Waals surface area (Å²) < 4.78 is 13.5. The van der Waals surface area contributed by atoms with Crippen LogP contribution in [0.25, 0.3) is 11.1 Å². The van der Waals surface area contributed by atoms with Gasteiger partial charge in [-0.3, -0.25) is 0 Å². The molecule has 0 bridgehead atoms. The van der Waals surface area contributed by atoms with Crippen molar-refractivity contribution in [2.24, 2.45) is 0 Å². The molecule has 24 heavy (non-hydrogen) atoms. The Kier molecular flexibility index (Phi) is 4.47. The maximum Gasteiger partial charge on any atom is 0.223 e. The fourth-order valence-electron chi connectivity index (χ4n) is 3.00. The second-order valence-corrected chi connectivity index (χ2v) is 6.55. The summed E-state index contributed by atoms with van der Waals surface area (Å²) in [5.41, 5.74) is 13.2. The normalized spacial score (nSPS) is 17.7. The topological polar surface area (TPSA) is 84.3 Å². The van der Waals surface area contributed by atoms with E-state index < -0.39 is 5.82 Å². The fraction of sp³-hybridized carbons (Fsp3) is 0.375. The molecule has 0 saturated carbocycles. The third-order valence-corrected chi connectivity index (χ3v) is 4.63. The first-order valence-electron chi connectivity index (χ1n) is 7.66. The summed E-state index contributed by atoms with van der Waals surface area (Å²) in [7, 11) is 4.11. The molecule has 1 aliphatic rings. The third kappa shape index (κ3) is 3.09. The first-order valence-corrected chi connectivity index (χ1v) is 8.04. The van der Waals surface area contributed by atoms with E-state index in [1.807, 2.05) is 0 Å². The number of halogens is 2. The number of benzene rings is 1. The second kappa shape index (κ2) is 6.41. The second-order valence-electron chi connectivity index (χ2n) is 6.15. The Morgan fingerprint density at radius 2 is 2.04 bits per heavy atom. The maximum atomic E-state index is 13.5. The Bertz CT molecular complexity index is 766. The molecule has 1 saturated heterocycles. The summed E-state index contributed by atoms with van der Waals surface area (Å²) in [6, 6.07) is 4.89. The highest BCUT2D eigenvalue weighted by Crippen LogP contribution is 2.37. The van der Waals surface area contributed by atoms with Gasteiger partial charge in [0.15, 0.2) is 0 Å². The zero-order chi connectivity index (χ0) is 17.4. The molecule has 0 unspecified atom stereocenters. The van der Waals surface area contributed by atoms with Crippen LogP contribution in [0.3, 0.4) is 0 Å². The number of aromatic nitrogens is 2. The van der Waals surface area contributed by atoms with Gasteiger partial charge in [-0.25, -0.2) is 4.39 Å². The molecule has 3 rings (SSSR count). The molecule has 0 amide bonds. The van der Waals surface area contributed by atoms with Crippen LogP contribution in [0.2, 0.25) is 5.02 Å². The Morgan fingerprint density at radius 1 is 1.29 bits per heavy atom. The summed E-state index contributed by atoms with van der Waals surface area (Å²) in [5, 5.41) is 0.0299. The Balaban J connectivity index is 2.07. The standard InChI is InChI=1S/C16H20ClFN6/c1-23(2)10-5-6-24(8-10)15-13(14(19)21-16(20)22-15)9-3-4-12(18)11(17)7-9/h3-4,7,10H,5-6,8H2,1-2H3,(H4,19,20,21,22)/t10-/m1/s1. The summed E-state index contributed by atoms with van der Waals surface area (Å²) in [4.78, 5) is 12.8. The van der Waals surface area contributed by atoms with Gasteiger partial charge < -0.3 is 21.3 Å². The van der Waals surface area contributed by atoms with E-state index in [0.717, 1.165) is 19.5 Å². The molecule has 2 heterocycles. The van der Waals surface area contributed by atoms with Crippen molar-refractivity contribution in [1.82, 2.24) is 14.9 Å². The molecular formula is C16H20ClFN6. The minimum absolute atomic E-state index is 0.0299. The average molecular weight is 351 g/mol. The molecule has 1 fully saturated rings. The number of anilines is 3. The van der Waals surface area contributed by atoms with Crippen LogP contribution < -0.4 is 16.4 Å². The largest absolute Gasteiger partial charge is 0.383 e. The van der Waals surface area contributed by atoms with Crippen LogP contribution in [0.5, 0.6) is 0 Å². The van der Waals surface area contributed by atoms with E-state index in [1.54, 1.807) is 6.07 Å². The van der Waals surface area contributed by atoms with Crippen LogP contribution in [-0.4, -0.2) is 48.1 Å². The van der Waals surface area contributed by atoms with Gasteiger partial charge in [0, 0.05) is 19.1 Å². The van der Waals surface area contributed by atoms with Gasteiger partial charge in [-0.15, -0.1) is 0 Å². The first kappa shape index (κ1) is 16.7. The Hall–Kier alpha value is -2.12. The molecule has 0 radical (unpaired) electrons. The quantitative estimate of drug-likeness (QED) is 0.883. The van der Waals surface area contributed by atoms with Gasteiger partial charge in [-0.1, -0.05) is 17.7 Å². The minimum Gasteiger partial charge on any atom is -0.383 e. The molecule has 1 aromatic carbocycles. The van der Waals surface area contributed by atoms with E-state index >= 15 is 0 Å². The van der Waals surface area contributed by atoms with E-state index in [4.69, 9.17) is 23.1 Å².